The molecule has 0 N–H and O–H groups in total. The lowest BCUT2D eigenvalue weighted by Gasteiger charge is -2.20. The van der Waals surface area contributed by atoms with Crippen molar-refractivity contribution in [2.24, 2.45) is 0 Å². The van der Waals surface area contributed by atoms with E-state index in [0.717, 1.165) is 56.3 Å². The second kappa shape index (κ2) is 14.5. The summed E-state index contributed by atoms with van der Waals surface area (Å²) in [5, 5.41) is 5.64. The Morgan fingerprint density at radius 3 is 2.18 bits per heavy atom. The molecule has 0 unspecified atom stereocenters. The van der Waals surface area contributed by atoms with Crippen molar-refractivity contribution < 1.29 is 4.74 Å². The van der Waals surface area contributed by atoms with Crippen molar-refractivity contribution in [1.29, 1.82) is 0 Å². The van der Waals surface area contributed by atoms with Crippen LogP contribution in [0.2, 0.25) is 0 Å². The van der Waals surface area contributed by atoms with E-state index in [-0.39, 0.29) is 5.41 Å². The Balaban J connectivity index is 0.00000111. The summed E-state index contributed by atoms with van der Waals surface area (Å²) in [7, 11) is 0. The van der Waals surface area contributed by atoms with Gasteiger partial charge in [0.1, 0.15) is 17.3 Å². The minimum absolute atomic E-state index is 0.00796. The van der Waals surface area contributed by atoms with Crippen LogP contribution in [0.5, 0.6) is 11.5 Å². The highest BCUT2D eigenvalue weighted by Crippen LogP contribution is 2.35. The lowest BCUT2D eigenvalue weighted by molar-refractivity contribution is 0.483. The van der Waals surface area contributed by atoms with E-state index in [0.29, 0.717) is 0 Å². The Bertz CT molecular complexity index is 1890. The minimum atomic E-state index is -0.00796. The maximum atomic E-state index is 6.40. The number of fused-ring (bicyclic) bond motifs is 1. The molecule has 0 aliphatic heterocycles. The third-order valence-corrected chi connectivity index (χ3v) is 7.26. The first-order chi connectivity index (χ1) is 21.9. The molecule has 0 aliphatic rings. The van der Waals surface area contributed by atoms with Crippen molar-refractivity contribution in [1.82, 2.24) is 19.3 Å². The van der Waals surface area contributed by atoms with E-state index >= 15 is 0 Å². The summed E-state index contributed by atoms with van der Waals surface area (Å²) in [4.78, 5) is 4.74. The normalized spacial score (nSPS) is 10.7. The fraction of sp³-hybridized carbons (Fsp3) is 0.200. The summed E-state index contributed by atoms with van der Waals surface area (Å²) < 4.78 is 10.4. The number of hydrogen-bond acceptors (Lipinski definition) is 3. The molecule has 5 heteroatoms. The zero-order chi connectivity index (χ0) is 32.6. The highest BCUT2D eigenvalue weighted by Gasteiger charge is 2.19. The second-order valence-electron chi connectivity index (χ2n) is 11.0. The summed E-state index contributed by atoms with van der Waals surface area (Å²) in [5.41, 5.74) is 7.23. The number of hydrogen-bond donors (Lipinski definition) is 0. The van der Waals surface area contributed by atoms with Crippen LogP contribution in [0.3, 0.4) is 0 Å². The third kappa shape index (κ3) is 6.99. The van der Waals surface area contributed by atoms with Crippen molar-refractivity contribution in [3.8, 4) is 34.1 Å². The number of ether oxygens (including phenoxy) is 1. The van der Waals surface area contributed by atoms with Gasteiger partial charge in [-0.05, 0) is 59.0 Å². The van der Waals surface area contributed by atoms with Gasteiger partial charge in [-0.3, -0.25) is 4.57 Å². The van der Waals surface area contributed by atoms with Gasteiger partial charge in [0, 0.05) is 41.0 Å². The Kier molecular flexibility index (Phi) is 10.6. The topological polar surface area (TPSA) is 44.9 Å². The average molecular weight is 597 g/mol. The van der Waals surface area contributed by atoms with Gasteiger partial charge in [-0.15, -0.1) is 0 Å². The number of pyridine rings is 1. The van der Waals surface area contributed by atoms with Crippen LogP contribution in [0, 0.1) is 0 Å². The van der Waals surface area contributed by atoms with E-state index in [2.05, 4.69) is 80.0 Å². The zero-order valence-electron chi connectivity index (χ0n) is 27.6. The molecular weight excluding hydrogens is 552 g/mol. The Morgan fingerprint density at radius 2 is 1.49 bits per heavy atom. The van der Waals surface area contributed by atoms with Gasteiger partial charge in [0.05, 0.1) is 23.1 Å². The molecule has 5 nitrogen and oxygen atoms in total. The Hall–Kier alpha value is -5.16. The fourth-order valence-corrected chi connectivity index (χ4v) is 5.11. The number of rotatable bonds is 7. The molecule has 0 saturated heterocycles. The van der Waals surface area contributed by atoms with E-state index in [4.69, 9.17) is 9.72 Å². The van der Waals surface area contributed by atoms with Crippen molar-refractivity contribution in [2.45, 2.75) is 53.9 Å². The standard InChI is InChI=1S/C36H32N4O.2C2H6/c1-6-31-32-17-16-30(22-34(32)40(33(31)7-2)35-20-27(18-19-37-35)36(3,4)5)41-29-15-11-14-28(21-29)39-24-26(23-38-39)25-12-9-8-10-13-25;2*1-2/h6-24H,1-2H2,3-5H3;2*1-2H3. The SMILES string of the molecule is C=Cc1c(C=C)n(-c2cc(C(C)(C)C)ccn2)c2cc(Oc3cccc(-n4cc(-c5ccccc5)cn4)c3)ccc12.CC.CC. The monoisotopic (exact) mass is 596 g/mol. The van der Waals surface area contributed by atoms with Gasteiger partial charge in [0.25, 0.3) is 0 Å². The molecule has 0 amide bonds. The first-order valence-electron chi connectivity index (χ1n) is 15.6. The van der Waals surface area contributed by atoms with Crippen LogP contribution in [0.1, 0.15) is 65.3 Å². The largest absolute Gasteiger partial charge is 0.457 e. The molecule has 3 aromatic heterocycles. The Morgan fingerprint density at radius 1 is 0.756 bits per heavy atom. The van der Waals surface area contributed by atoms with Crippen molar-refractivity contribution in [3.05, 3.63) is 133 Å². The fourth-order valence-electron chi connectivity index (χ4n) is 5.11. The van der Waals surface area contributed by atoms with Gasteiger partial charge in [-0.2, -0.15) is 5.10 Å². The van der Waals surface area contributed by atoms with Crippen LogP contribution in [-0.4, -0.2) is 19.3 Å². The predicted molar refractivity (Wildman–Crippen MR) is 192 cm³/mol. The molecule has 6 aromatic rings. The van der Waals surface area contributed by atoms with E-state index < -0.39 is 0 Å². The molecule has 6 rings (SSSR count). The van der Waals surface area contributed by atoms with E-state index in [9.17, 15) is 0 Å². The van der Waals surface area contributed by atoms with Gasteiger partial charge in [-0.1, -0.05) is 104 Å². The van der Waals surface area contributed by atoms with Crippen molar-refractivity contribution in [3.63, 3.8) is 0 Å². The van der Waals surface area contributed by atoms with Gasteiger partial charge in [0.2, 0.25) is 0 Å². The molecule has 45 heavy (non-hydrogen) atoms. The van der Waals surface area contributed by atoms with E-state index in [1.54, 1.807) is 0 Å². The van der Waals surface area contributed by atoms with Crippen LogP contribution < -0.4 is 4.74 Å². The molecule has 0 aliphatic carbocycles. The van der Waals surface area contributed by atoms with Gasteiger partial charge in [-0.25, -0.2) is 9.67 Å². The first-order valence-corrected chi connectivity index (χ1v) is 15.6. The summed E-state index contributed by atoms with van der Waals surface area (Å²) in [5.74, 6) is 2.27. The van der Waals surface area contributed by atoms with Crippen molar-refractivity contribution in [2.75, 3.05) is 0 Å². The molecule has 0 atom stereocenters. The summed E-state index contributed by atoms with van der Waals surface area (Å²) in [6.45, 7) is 22.8. The molecule has 0 radical (unpaired) electrons. The summed E-state index contributed by atoms with van der Waals surface area (Å²) >= 11 is 0. The average Bonchev–Trinajstić information content (AvgIpc) is 3.70. The third-order valence-electron chi connectivity index (χ3n) is 7.26. The Labute approximate surface area is 268 Å². The number of nitrogens with zero attached hydrogens (tertiary/aromatic N) is 4. The van der Waals surface area contributed by atoms with Crippen LogP contribution >= 0.6 is 0 Å². The van der Waals surface area contributed by atoms with Crippen molar-refractivity contribution >= 4 is 23.1 Å². The second-order valence-corrected chi connectivity index (χ2v) is 11.0. The molecule has 230 valence electrons. The van der Waals surface area contributed by atoms with Gasteiger partial charge in [0.15, 0.2) is 0 Å². The van der Waals surface area contributed by atoms with Gasteiger partial charge >= 0.3 is 0 Å². The van der Waals surface area contributed by atoms with Crippen LogP contribution in [-0.2, 0) is 5.41 Å². The molecule has 3 heterocycles. The summed E-state index contributed by atoms with van der Waals surface area (Å²) in [6, 6.07) is 28.5. The molecule has 0 bridgehead atoms. The lowest BCUT2D eigenvalue weighted by atomic mass is 9.88. The predicted octanol–water partition coefficient (Wildman–Crippen LogP) is 11.3. The van der Waals surface area contributed by atoms with E-state index in [1.165, 1.54) is 5.56 Å². The van der Waals surface area contributed by atoms with Crippen LogP contribution in [0.4, 0.5) is 0 Å². The first kappa shape index (κ1) is 32.7. The molecule has 0 fully saturated rings. The lowest BCUT2D eigenvalue weighted by Crippen LogP contribution is -2.12. The zero-order valence-corrected chi connectivity index (χ0v) is 27.6. The highest BCUT2D eigenvalue weighted by molar-refractivity contribution is 5.95. The molecular formula is C40H44N4O. The molecule has 0 saturated carbocycles. The minimum Gasteiger partial charge on any atom is -0.457 e. The molecule has 3 aromatic carbocycles. The van der Waals surface area contributed by atoms with Gasteiger partial charge < -0.3 is 4.74 Å². The summed E-state index contributed by atoms with van der Waals surface area (Å²) in [6.07, 6.45) is 9.51. The van der Waals surface area contributed by atoms with E-state index in [1.807, 2.05) is 112 Å². The maximum absolute atomic E-state index is 6.40. The van der Waals surface area contributed by atoms with Crippen LogP contribution in [0.15, 0.2) is 117 Å². The molecule has 0 spiro atoms. The van der Waals surface area contributed by atoms with Crippen LogP contribution in [0.25, 0.3) is 45.7 Å². The highest BCUT2D eigenvalue weighted by atomic mass is 16.5. The number of aromatic nitrogens is 4. The quantitative estimate of drug-likeness (QED) is 0.184. The number of benzene rings is 3. The smallest absolute Gasteiger partial charge is 0.137 e. The maximum Gasteiger partial charge on any atom is 0.137 e.